The van der Waals surface area contributed by atoms with Gasteiger partial charge in [-0.1, -0.05) is 23.1 Å². The largest absolute Gasteiger partial charge is 0.494 e. The summed E-state index contributed by atoms with van der Waals surface area (Å²) in [6.45, 7) is 5.07. The number of anilines is 1. The van der Waals surface area contributed by atoms with E-state index in [0.29, 0.717) is 29.5 Å². The SMILES string of the molecule is CCOc1ccc(-c2nnc(SCC(=O)Nc3nc4ccc(OCC)cc4s3)o2)cc1. The number of fused-ring (bicyclic) bond motifs is 1. The third kappa shape index (κ3) is 5.33. The summed E-state index contributed by atoms with van der Waals surface area (Å²) in [6, 6.07) is 13.1. The van der Waals surface area contributed by atoms with Gasteiger partial charge in [0.1, 0.15) is 11.5 Å². The van der Waals surface area contributed by atoms with Crippen LogP contribution in [-0.2, 0) is 4.79 Å². The fourth-order valence-electron chi connectivity index (χ4n) is 2.74. The second-order valence-corrected chi connectivity index (χ2v) is 8.21. The molecule has 0 saturated heterocycles. The van der Waals surface area contributed by atoms with E-state index in [4.69, 9.17) is 13.9 Å². The van der Waals surface area contributed by atoms with Crippen molar-refractivity contribution in [3.05, 3.63) is 42.5 Å². The number of rotatable bonds is 9. The number of benzene rings is 2. The van der Waals surface area contributed by atoms with Crippen molar-refractivity contribution in [2.75, 3.05) is 24.3 Å². The predicted molar refractivity (Wildman–Crippen MR) is 121 cm³/mol. The third-order valence-corrected chi connectivity index (χ3v) is 5.81. The summed E-state index contributed by atoms with van der Waals surface area (Å²) in [5.41, 5.74) is 1.60. The van der Waals surface area contributed by atoms with Gasteiger partial charge in [-0.05, 0) is 56.3 Å². The van der Waals surface area contributed by atoms with Gasteiger partial charge < -0.3 is 19.2 Å². The van der Waals surface area contributed by atoms with E-state index in [1.807, 2.05) is 56.3 Å². The quantitative estimate of drug-likeness (QED) is 0.356. The smallest absolute Gasteiger partial charge is 0.277 e. The number of hydrogen-bond acceptors (Lipinski definition) is 9. The maximum atomic E-state index is 12.3. The van der Waals surface area contributed by atoms with Crippen molar-refractivity contribution >= 4 is 44.4 Å². The summed E-state index contributed by atoms with van der Waals surface area (Å²) >= 11 is 2.57. The normalized spacial score (nSPS) is 10.9. The number of carbonyl (C=O) groups is 1. The first-order valence-electron chi connectivity index (χ1n) is 9.67. The minimum atomic E-state index is -0.199. The van der Waals surface area contributed by atoms with Crippen LogP contribution in [0.3, 0.4) is 0 Å². The van der Waals surface area contributed by atoms with E-state index in [0.717, 1.165) is 27.3 Å². The molecule has 0 aliphatic rings. The van der Waals surface area contributed by atoms with Gasteiger partial charge in [0.05, 0.1) is 29.2 Å². The van der Waals surface area contributed by atoms with Gasteiger partial charge in [0.25, 0.3) is 5.22 Å². The zero-order valence-electron chi connectivity index (χ0n) is 17.0. The molecule has 31 heavy (non-hydrogen) atoms. The van der Waals surface area contributed by atoms with Crippen molar-refractivity contribution < 1.29 is 18.7 Å². The van der Waals surface area contributed by atoms with E-state index < -0.39 is 0 Å². The van der Waals surface area contributed by atoms with E-state index in [-0.39, 0.29) is 11.7 Å². The standard InChI is InChI=1S/C21H20N4O4S2/c1-3-27-14-7-5-13(6-8-14)19-24-25-21(29-19)30-12-18(26)23-20-22-16-10-9-15(28-4-2)11-17(16)31-20/h5-11H,3-4,12H2,1-2H3,(H,22,23,26). The molecule has 0 aliphatic heterocycles. The average Bonchev–Trinajstić information content (AvgIpc) is 3.39. The number of nitrogens with one attached hydrogen (secondary N) is 1. The number of carbonyl (C=O) groups excluding carboxylic acids is 1. The van der Waals surface area contributed by atoms with Crippen LogP contribution in [0.15, 0.2) is 52.1 Å². The van der Waals surface area contributed by atoms with Crippen molar-refractivity contribution in [2.45, 2.75) is 19.1 Å². The Kier molecular flexibility index (Phi) is 6.68. The van der Waals surface area contributed by atoms with Crippen LogP contribution in [0, 0.1) is 0 Å². The van der Waals surface area contributed by atoms with Gasteiger partial charge in [-0.15, -0.1) is 10.2 Å². The molecule has 2 aromatic carbocycles. The second-order valence-electron chi connectivity index (χ2n) is 6.25. The monoisotopic (exact) mass is 456 g/mol. The molecule has 0 aliphatic carbocycles. The van der Waals surface area contributed by atoms with Crippen LogP contribution >= 0.6 is 23.1 Å². The van der Waals surface area contributed by atoms with Gasteiger partial charge in [-0.2, -0.15) is 0 Å². The lowest BCUT2D eigenvalue weighted by Crippen LogP contribution is -2.13. The molecule has 4 rings (SSSR count). The van der Waals surface area contributed by atoms with Gasteiger partial charge in [0, 0.05) is 5.56 Å². The van der Waals surface area contributed by atoms with Crippen LogP contribution in [0.4, 0.5) is 5.13 Å². The van der Waals surface area contributed by atoms with Crippen LogP contribution < -0.4 is 14.8 Å². The van der Waals surface area contributed by atoms with Crippen LogP contribution in [0.1, 0.15) is 13.8 Å². The minimum absolute atomic E-state index is 0.130. The van der Waals surface area contributed by atoms with Crippen molar-refractivity contribution in [1.82, 2.24) is 15.2 Å². The fourth-order valence-corrected chi connectivity index (χ4v) is 4.22. The summed E-state index contributed by atoms with van der Waals surface area (Å²) in [5.74, 6) is 1.88. The number of hydrogen-bond donors (Lipinski definition) is 1. The zero-order valence-corrected chi connectivity index (χ0v) is 18.6. The fraction of sp³-hybridized carbons (Fsp3) is 0.238. The van der Waals surface area contributed by atoms with E-state index in [1.54, 1.807) is 0 Å². The van der Waals surface area contributed by atoms with Crippen LogP contribution in [-0.4, -0.2) is 40.1 Å². The molecule has 2 aromatic heterocycles. The molecular formula is C21H20N4O4S2. The number of ether oxygens (including phenoxy) is 2. The van der Waals surface area contributed by atoms with Gasteiger partial charge in [0.2, 0.25) is 11.8 Å². The molecule has 0 spiro atoms. The summed E-state index contributed by atoms with van der Waals surface area (Å²) in [7, 11) is 0. The first kappa shape index (κ1) is 21.1. The highest BCUT2D eigenvalue weighted by Crippen LogP contribution is 2.30. The number of nitrogens with zero attached hydrogens (tertiary/aromatic N) is 3. The summed E-state index contributed by atoms with van der Waals surface area (Å²) in [6.07, 6.45) is 0. The molecule has 0 atom stereocenters. The van der Waals surface area contributed by atoms with Gasteiger partial charge in [0.15, 0.2) is 5.13 Å². The summed E-state index contributed by atoms with van der Waals surface area (Å²) in [5, 5.41) is 11.7. The molecule has 160 valence electrons. The van der Waals surface area contributed by atoms with E-state index in [9.17, 15) is 4.79 Å². The molecule has 1 amide bonds. The van der Waals surface area contributed by atoms with Gasteiger partial charge in [-0.3, -0.25) is 4.79 Å². The number of amides is 1. The molecule has 0 radical (unpaired) electrons. The van der Waals surface area contributed by atoms with Crippen molar-refractivity contribution in [3.8, 4) is 23.0 Å². The van der Waals surface area contributed by atoms with Crippen molar-refractivity contribution in [3.63, 3.8) is 0 Å². The summed E-state index contributed by atoms with van der Waals surface area (Å²) in [4.78, 5) is 16.7. The first-order chi connectivity index (χ1) is 15.1. The lowest BCUT2D eigenvalue weighted by molar-refractivity contribution is -0.113. The number of thioether (sulfide) groups is 1. The van der Waals surface area contributed by atoms with Crippen LogP contribution in [0.5, 0.6) is 11.5 Å². The molecule has 0 fully saturated rings. The molecule has 8 nitrogen and oxygen atoms in total. The predicted octanol–water partition coefficient (Wildman–Crippen LogP) is 4.87. The summed E-state index contributed by atoms with van der Waals surface area (Å²) < 4.78 is 17.5. The van der Waals surface area contributed by atoms with Crippen LogP contribution in [0.25, 0.3) is 21.7 Å². The number of thiazole rings is 1. The Morgan fingerprint density at radius 1 is 1.06 bits per heavy atom. The van der Waals surface area contributed by atoms with E-state index >= 15 is 0 Å². The molecule has 0 bridgehead atoms. The van der Waals surface area contributed by atoms with E-state index in [1.165, 1.54) is 23.1 Å². The zero-order chi connectivity index (χ0) is 21.6. The lowest BCUT2D eigenvalue weighted by atomic mass is 10.2. The average molecular weight is 457 g/mol. The topological polar surface area (TPSA) is 99.4 Å². The Morgan fingerprint density at radius 2 is 1.81 bits per heavy atom. The molecule has 4 aromatic rings. The van der Waals surface area contributed by atoms with Crippen molar-refractivity contribution in [2.24, 2.45) is 0 Å². The van der Waals surface area contributed by atoms with Crippen LogP contribution in [0.2, 0.25) is 0 Å². The Hall–Kier alpha value is -3.11. The van der Waals surface area contributed by atoms with E-state index in [2.05, 4.69) is 20.5 Å². The minimum Gasteiger partial charge on any atom is -0.494 e. The highest BCUT2D eigenvalue weighted by molar-refractivity contribution is 7.99. The maximum Gasteiger partial charge on any atom is 0.277 e. The van der Waals surface area contributed by atoms with Crippen molar-refractivity contribution in [1.29, 1.82) is 0 Å². The highest BCUT2D eigenvalue weighted by Gasteiger charge is 2.13. The Balaban J connectivity index is 1.33. The van der Waals surface area contributed by atoms with Gasteiger partial charge in [-0.25, -0.2) is 4.98 Å². The molecule has 1 N–H and O–H groups in total. The maximum absolute atomic E-state index is 12.3. The molecule has 0 saturated carbocycles. The third-order valence-electron chi connectivity index (χ3n) is 4.06. The Bertz CT molecular complexity index is 1170. The molecule has 0 unspecified atom stereocenters. The van der Waals surface area contributed by atoms with Gasteiger partial charge >= 0.3 is 0 Å². The first-order valence-corrected chi connectivity index (χ1v) is 11.5. The highest BCUT2D eigenvalue weighted by atomic mass is 32.2. The Morgan fingerprint density at radius 3 is 2.58 bits per heavy atom. The Labute approximate surface area is 187 Å². The lowest BCUT2D eigenvalue weighted by Gasteiger charge is -2.02. The number of aromatic nitrogens is 3. The molecular weight excluding hydrogens is 436 g/mol. The second kappa shape index (κ2) is 9.80. The molecule has 10 heteroatoms. The molecule has 2 heterocycles.